The first-order valence-electron chi connectivity index (χ1n) is 5.88. The summed E-state index contributed by atoms with van der Waals surface area (Å²) in [6.07, 6.45) is 0.152. The molecule has 1 aliphatic rings. The van der Waals surface area contributed by atoms with E-state index in [1.807, 2.05) is 6.92 Å². The second-order valence-electron chi connectivity index (χ2n) is 4.35. The molecule has 5 heteroatoms. The number of hydrogen-bond donors (Lipinski definition) is 2. The molecule has 1 aliphatic heterocycles. The van der Waals surface area contributed by atoms with Crippen molar-refractivity contribution in [3.8, 4) is 5.75 Å². The summed E-state index contributed by atoms with van der Waals surface area (Å²) in [6, 6.07) is 5.09. The van der Waals surface area contributed by atoms with Crippen LogP contribution in [0, 0.1) is 0 Å². The number of benzene rings is 1. The Hall–Kier alpha value is -1.88. The number of Topliss-reactive ketones (excluding diaryl/α,β-unsaturated/α-hetero) is 1. The molecule has 1 unspecified atom stereocenters. The molecule has 0 fully saturated rings. The summed E-state index contributed by atoms with van der Waals surface area (Å²) in [5.41, 5.74) is 1.12. The van der Waals surface area contributed by atoms with Crippen LogP contribution in [0.2, 0.25) is 0 Å². The lowest BCUT2D eigenvalue weighted by molar-refractivity contribution is -0.117. The van der Waals surface area contributed by atoms with Crippen molar-refractivity contribution in [1.29, 1.82) is 0 Å². The molecule has 1 aromatic rings. The van der Waals surface area contributed by atoms with Gasteiger partial charge in [-0.1, -0.05) is 0 Å². The van der Waals surface area contributed by atoms with Crippen molar-refractivity contribution in [2.24, 2.45) is 0 Å². The Morgan fingerprint density at radius 2 is 2.33 bits per heavy atom. The number of likely N-dealkylation sites (N-methyl/N-ethyl adjacent to an activating group) is 1. The summed E-state index contributed by atoms with van der Waals surface area (Å²) in [6.45, 7) is 2.11. The molecule has 0 bridgehead atoms. The van der Waals surface area contributed by atoms with Crippen LogP contribution < -0.4 is 15.4 Å². The molecule has 18 heavy (non-hydrogen) atoms. The lowest BCUT2D eigenvalue weighted by Gasteiger charge is -2.11. The van der Waals surface area contributed by atoms with Gasteiger partial charge in [0.25, 0.3) is 0 Å². The maximum Gasteiger partial charge on any atom is 0.228 e. The van der Waals surface area contributed by atoms with E-state index in [0.29, 0.717) is 23.4 Å². The van der Waals surface area contributed by atoms with Gasteiger partial charge in [-0.3, -0.25) is 9.59 Å². The number of ketones is 1. The van der Waals surface area contributed by atoms with E-state index in [0.717, 1.165) is 0 Å². The van der Waals surface area contributed by atoms with E-state index in [9.17, 15) is 9.59 Å². The average molecular weight is 248 g/mol. The number of fused-ring (bicyclic) bond motifs is 1. The number of hydrogen-bond acceptors (Lipinski definition) is 4. The van der Waals surface area contributed by atoms with E-state index in [1.165, 1.54) is 0 Å². The van der Waals surface area contributed by atoms with Crippen LogP contribution in [0.1, 0.15) is 23.7 Å². The Bertz CT molecular complexity index is 485. The summed E-state index contributed by atoms with van der Waals surface area (Å²) in [5, 5.41) is 5.56. The zero-order chi connectivity index (χ0) is 13.1. The quantitative estimate of drug-likeness (QED) is 0.789. The minimum Gasteiger partial charge on any atom is -0.488 e. The van der Waals surface area contributed by atoms with Gasteiger partial charge in [-0.25, -0.2) is 0 Å². The highest BCUT2D eigenvalue weighted by Gasteiger charge is 2.20. The molecule has 0 radical (unpaired) electrons. The Morgan fingerprint density at radius 1 is 1.56 bits per heavy atom. The van der Waals surface area contributed by atoms with Gasteiger partial charge in [0.1, 0.15) is 11.9 Å². The van der Waals surface area contributed by atoms with Gasteiger partial charge in [0.15, 0.2) is 5.78 Å². The van der Waals surface area contributed by atoms with Gasteiger partial charge >= 0.3 is 0 Å². The van der Waals surface area contributed by atoms with Crippen LogP contribution in [0.4, 0.5) is 5.69 Å². The molecule has 96 valence electrons. The van der Waals surface area contributed by atoms with Crippen molar-refractivity contribution in [3.63, 3.8) is 0 Å². The van der Waals surface area contributed by atoms with Gasteiger partial charge in [-0.05, 0) is 32.2 Å². The normalized spacial score (nSPS) is 18.3. The third-order valence-electron chi connectivity index (χ3n) is 2.71. The molecule has 1 amide bonds. The van der Waals surface area contributed by atoms with Crippen molar-refractivity contribution >= 4 is 17.4 Å². The van der Waals surface area contributed by atoms with Crippen LogP contribution in [0.15, 0.2) is 18.2 Å². The van der Waals surface area contributed by atoms with Gasteiger partial charge < -0.3 is 15.4 Å². The smallest absolute Gasteiger partial charge is 0.228 e. The highest BCUT2D eigenvalue weighted by Crippen LogP contribution is 2.29. The molecule has 1 aromatic carbocycles. The summed E-state index contributed by atoms with van der Waals surface area (Å²) in [5.74, 6) is 0.487. The Morgan fingerprint density at radius 3 is 3.06 bits per heavy atom. The predicted molar refractivity (Wildman–Crippen MR) is 68.0 cm³/mol. The zero-order valence-corrected chi connectivity index (χ0v) is 10.4. The Kier molecular flexibility index (Phi) is 3.62. The van der Waals surface area contributed by atoms with Crippen molar-refractivity contribution in [3.05, 3.63) is 23.8 Å². The van der Waals surface area contributed by atoms with Gasteiger partial charge in [0.2, 0.25) is 5.91 Å². The molecule has 1 atom stereocenters. The maximum absolute atomic E-state index is 11.7. The molecule has 0 aliphatic carbocycles. The largest absolute Gasteiger partial charge is 0.488 e. The molecule has 1 heterocycles. The first kappa shape index (κ1) is 12.6. The molecular weight excluding hydrogens is 232 g/mol. The maximum atomic E-state index is 11.7. The third-order valence-corrected chi connectivity index (χ3v) is 2.71. The van der Waals surface area contributed by atoms with Crippen LogP contribution in [-0.2, 0) is 4.79 Å². The Labute approximate surface area is 106 Å². The summed E-state index contributed by atoms with van der Waals surface area (Å²) >= 11 is 0. The van der Waals surface area contributed by atoms with Crippen molar-refractivity contribution in [1.82, 2.24) is 5.32 Å². The standard InChI is InChI=1S/C13H16N2O3/c1-8-5-13(17)15-10-6-9(11(16)7-14-2)3-4-12(10)18-8/h3-4,6,8,14H,5,7H2,1-2H3,(H,15,17). The number of rotatable bonds is 3. The molecular formula is C13H16N2O3. The van der Waals surface area contributed by atoms with E-state index >= 15 is 0 Å². The molecule has 0 spiro atoms. The Balaban J connectivity index is 2.31. The molecule has 2 rings (SSSR count). The molecule has 0 aromatic heterocycles. The van der Waals surface area contributed by atoms with Gasteiger partial charge in [-0.2, -0.15) is 0 Å². The molecule has 0 saturated heterocycles. The number of carbonyl (C=O) groups is 2. The number of nitrogens with one attached hydrogen (secondary N) is 2. The fourth-order valence-electron chi connectivity index (χ4n) is 1.89. The van der Waals surface area contributed by atoms with Crippen LogP contribution in [-0.4, -0.2) is 31.4 Å². The fourth-order valence-corrected chi connectivity index (χ4v) is 1.89. The van der Waals surface area contributed by atoms with Crippen molar-refractivity contribution in [2.75, 3.05) is 18.9 Å². The summed E-state index contributed by atoms with van der Waals surface area (Å²) < 4.78 is 5.61. The minimum absolute atomic E-state index is 0.0214. The van der Waals surface area contributed by atoms with Crippen LogP contribution in [0.5, 0.6) is 5.75 Å². The van der Waals surface area contributed by atoms with Crippen molar-refractivity contribution in [2.45, 2.75) is 19.4 Å². The lowest BCUT2D eigenvalue weighted by atomic mass is 10.1. The van der Waals surface area contributed by atoms with E-state index in [4.69, 9.17) is 4.74 Å². The van der Waals surface area contributed by atoms with Crippen LogP contribution in [0.3, 0.4) is 0 Å². The van der Waals surface area contributed by atoms with Gasteiger partial charge in [0.05, 0.1) is 18.7 Å². The molecule has 0 saturated carbocycles. The number of amides is 1. The monoisotopic (exact) mass is 248 g/mol. The van der Waals surface area contributed by atoms with Crippen molar-refractivity contribution < 1.29 is 14.3 Å². The molecule has 2 N–H and O–H groups in total. The van der Waals surface area contributed by atoms with Gasteiger partial charge in [0, 0.05) is 5.56 Å². The van der Waals surface area contributed by atoms with E-state index in [-0.39, 0.29) is 24.3 Å². The zero-order valence-electron chi connectivity index (χ0n) is 10.4. The SMILES string of the molecule is CNCC(=O)c1ccc2c(c1)NC(=O)CC(C)O2. The summed E-state index contributed by atoms with van der Waals surface area (Å²) in [4.78, 5) is 23.3. The number of ether oxygens (including phenoxy) is 1. The highest BCUT2D eigenvalue weighted by molar-refractivity contribution is 6.00. The average Bonchev–Trinajstić information content (AvgIpc) is 2.44. The van der Waals surface area contributed by atoms with Gasteiger partial charge in [-0.15, -0.1) is 0 Å². The van der Waals surface area contributed by atoms with E-state index < -0.39 is 0 Å². The second kappa shape index (κ2) is 5.18. The van der Waals surface area contributed by atoms with E-state index in [1.54, 1.807) is 25.2 Å². The topological polar surface area (TPSA) is 67.4 Å². The lowest BCUT2D eigenvalue weighted by Crippen LogP contribution is -2.18. The van der Waals surface area contributed by atoms with E-state index in [2.05, 4.69) is 10.6 Å². The second-order valence-corrected chi connectivity index (χ2v) is 4.35. The number of carbonyl (C=O) groups excluding carboxylic acids is 2. The van der Waals surface area contributed by atoms with Crippen LogP contribution in [0.25, 0.3) is 0 Å². The number of anilines is 1. The fraction of sp³-hybridized carbons (Fsp3) is 0.385. The highest BCUT2D eigenvalue weighted by atomic mass is 16.5. The summed E-state index contributed by atoms with van der Waals surface area (Å²) in [7, 11) is 1.72. The third kappa shape index (κ3) is 2.68. The predicted octanol–water partition coefficient (Wildman–Crippen LogP) is 1.20. The first-order valence-corrected chi connectivity index (χ1v) is 5.88. The first-order chi connectivity index (χ1) is 8.60. The van der Waals surface area contributed by atoms with Crippen LogP contribution >= 0.6 is 0 Å². The molecule has 5 nitrogen and oxygen atoms in total. The minimum atomic E-state index is -0.162.